The SMILES string of the molecule is O=S(=O)(NCCC1=CCCC1)c1ccc2c(c1)CCCN2. The van der Waals surface area contributed by atoms with Crippen LogP contribution in [0.15, 0.2) is 34.7 Å². The summed E-state index contributed by atoms with van der Waals surface area (Å²) in [6.45, 7) is 1.45. The Labute approximate surface area is 126 Å². The maximum absolute atomic E-state index is 12.3. The Balaban J connectivity index is 1.66. The van der Waals surface area contributed by atoms with Crippen molar-refractivity contribution in [2.24, 2.45) is 0 Å². The zero-order chi connectivity index (χ0) is 14.7. The zero-order valence-corrected chi connectivity index (χ0v) is 13.0. The van der Waals surface area contributed by atoms with Gasteiger partial charge in [0.15, 0.2) is 0 Å². The van der Waals surface area contributed by atoms with Gasteiger partial charge in [-0.1, -0.05) is 11.6 Å². The summed E-state index contributed by atoms with van der Waals surface area (Å²) in [6, 6.07) is 5.37. The summed E-state index contributed by atoms with van der Waals surface area (Å²) < 4.78 is 27.4. The fourth-order valence-corrected chi connectivity index (χ4v) is 4.09. The molecule has 1 heterocycles. The van der Waals surface area contributed by atoms with Crippen molar-refractivity contribution in [3.05, 3.63) is 35.4 Å². The van der Waals surface area contributed by atoms with Gasteiger partial charge in [0.1, 0.15) is 0 Å². The van der Waals surface area contributed by atoms with Crippen molar-refractivity contribution in [3.8, 4) is 0 Å². The van der Waals surface area contributed by atoms with Gasteiger partial charge in [0.05, 0.1) is 4.90 Å². The van der Waals surface area contributed by atoms with Gasteiger partial charge in [-0.2, -0.15) is 0 Å². The lowest BCUT2D eigenvalue weighted by Crippen LogP contribution is -2.25. The number of rotatable bonds is 5. The molecular weight excluding hydrogens is 284 g/mol. The van der Waals surface area contributed by atoms with E-state index in [0.29, 0.717) is 11.4 Å². The molecule has 1 aromatic carbocycles. The van der Waals surface area contributed by atoms with Gasteiger partial charge in [0.2, 0.25) is 10.0 Å². The first-order chi connectivity index (χ1) is 10.1. The predicted octanol–water partition coefficient (Wildman–Crippen LogP) is 2.82. The van der Waals surface area contributed by atoms with Gasteiger partial charge >= 0.3 is 0 Å². The first-order valence-corrected chi connectivity index (χ1v) is 9.18. The number of nitrogens with one attached hydrogen (secondary N) is 2. The maximum Gasteiger partial charge on any atom is 0.240 e. The summed E-state index contributed by atoms with van der Waals surface area (Å²) in [5.74, 6) is 0. The molecule has 0 saturated heterocycles. The van der Waals surface area contributed by atoms with E-state index in [1.165, 1.54) is 12.0 Å². The minimum absolute atomic E-state index is 0.380. The number of anilines is 1. The molecule has 114 valence electrons. The van der Waals surface area contributed by atoms with Gasteiger partial charge in [-0.3, -0.25) is 0 Å². The van der Waals surface area contributed by atoms with E-state index >= 15 is 0 Å². The van der Waals surface area contributed by atoms with E-state index in [9.17, 15) is 8.42 Å². The Morgan fingerprint density at radius 1 is 1.19 bits per heavy atom. The molecule has 2 N–H and O–H groups in total. The highest BCUT2D eigenvalue weighted by Crippen LogP contribution is 2.25. The third-order valence-electron chi connectivity index (χ3n) is 4.20. The van der Waals surface area contributed by atoms with Crippen LogP contribution < -0.4 is 10.0 Å². The summed E-state index contributed by atoms with van der Waals surface area (Å²) in [5, 5.41) is 3.30. The molecule has 3 rings (SSSR count). The summed E-state index contributed by atoms with van der Waals surface area (Å²) >= 11 is 0. The normalized spacial score (nSPS) is 18.0. The van der Waals surface area contributed by atoms with Crippen molar-refractivity contribution in [2.75, 3.05) is 18.4 Å². The fourth-order valence-electron chi connectivity index (χ4n) is 3.01. The molecule has 1 aliphatic heterocycles. The van der Waals surface area contributed by atoms with E-state index in [4.69, 9.17) is 0 Å². The van der Waals surface area contributed by atoms with Crippen LogP contribution in [0, 0.1) is 0 Å². The van der Waals surface area contributed by atoms with Crippen LogP contribution in [0.1, 0.15) is 37.7 Å². The Morgan fingerprint density at radius 3 is 2.90 bits per heavy atom. The smallest absolute Gasteiger partial charge is 0.240 e. The van der Waals surface area contributed by atoms with Crippen molar-refractivity contribution in [3.63, 3.8) is 0 Å². The van der Waals surface area contributed by atoms with Crippen LogP contribution in [-0.2, 0) is 16.4 Å². The van der Waals surface area contributed by atoms with E-state index < -0.39 is 10.0 Å². The van der Waals surface area contributed by atoms with Crippen LogP contribution in [0.4, 0.5) is 5.69 Å². The van der Waals surface area contributed by atoms with Crippen LogP contribution in [-0.4, -0.2) is 21.5 Å². The summed E-state index contributed by atoms with van der Waals surface area (Å²) in [5.41, 5.74) is 3.55. The first kappa shape index (κ1) is 14.6. The molecule has 0 atom stereocenters. The second-order valence-corrected chi connectivity index (χ2v) is 7.52. The van der Waals surface area contributed by atoms with E-state index in [2.05, 4.69) is 16.1 Å². The van der Waals surface area contributed by atoms with Crippen LogP contribution in [0.3, 0.4) is 0 Å². The molecule has 0 amide bonds. The predicted molar refractivity (Wildman–Crippen MR) is 85.0 cm³/mol. The highest BCUT2D eigenvalue weighted by molar-refractivity contribution is 7.89. The Kier molecular flexibility index (Phi) is 4.31. The monoisotopic (exact) mass is 306 g/mol. The lowest BCUT2D eigenvalue weighted by atomic mass is 10.0. The van der Waals surface area contributed by atoms with E-state index in [1.54, 1.807) is 12.1 Å². The molecule has 2 aliphatic rings. The van der Waals surface area contributed by atoms with Gasteiger partial charge in [-0.15, -0.1) is 0 Å². The van der Waals surface area contributed by atoms with Crippen molar-refractivity contribution < 1.29 is 8.42 Å². The number of fused-ring (bicyclic) bond motifs is 1. The van der Waals surface area contributed by atoms with E-state index in [-0.39, 0.29) is 0 Å². The fraction of sp³-hybridized carbons (Fsp3) is 0.500. The molecule has 0 aromatic heterocycles. The van der Waals surface area contributed by atoms with Crippen LogP contribution in [0.2, 0.25) is 0 Å². The topological polar surface area (TPSA) is 58.2 Å². The van der Waals surface area contributed by atoms with Gasteiger partial charge in [0.25, 0.3) is 0 Å². The second kappa shape index (κ2) is 6.20. The van der Waals surface area contributed by atoms with Crippen LogP contribution in [0.5, 0.6) is 0 Å². The van der Waals surface area contributed by atoms with Gasteiger partial charge in [-0.25, -0.2) is 13.1 Å². The molecule has 0 radical (unpaired) electrons. The lowest BCUT2D eigenvalue weighted by Gasteiger charge is -2.18. The standard InChI is InChI=1S/C16H22N2O2S/c19-21(20,18-11-9-13-4-1-2-5-13)15-7-8-16-14(12-15)6-3-10-17-16/h4,7-8,12,17-18H,1-3,5-6,9-11H2. The average molecular weight is 306 g/mol. The molecular formula is C16H22N2O2S. The minimum Gasteiger partial charge on any atom is -0.385 e. The molecule has 1 aliphatic carbocycles. The van der Waals surface area contributed by atoms with E-state index in [0.717, 1.165) is 49.9 Å². The molecule has 0 unspecified atom stereocenters. The maximum atomic E-state index is 12.3. The van der Waals surface area contributed by atoms with Crippen LogP contribution >= 0.6 is 0 Å². The minimum atomic E-state index is -3.39. The quantitative estimate of drug-likeness (QED) is 0.822. The number of hydrogen-bond acceptors (Lipinski definition) is 3. The first-order valence-electron chi connectivity index (χ1n) is 7.69. The molecule has 1 aromatic rings. The van der Waals surface area contributed by atoms with Gasteiger partial charge in [0, 0.05) is 18.8 Å². The largest absolute Gasteiger partial charge is 0.385 e. The highest BCUT2D eigenvalue weighted by atomic mass is 32.2. The molecule has 0 bridgehead atoms. The summed E-state index contributed by atoms with van der Waals surface area (Å²) in [4.78, 5) is 0.380. The molecule has 0 saturated carbocycles. The molecule has 5 heteroatoms. The average Bonchev–Trinajstić information content (AvgIpc) is 3.00. The number of sulfonamides is 1. The Morgan fingerprint density at radius 2 is 2.10 bits per heavy atom. The van der Waals surface area contributed by atoms with Crippen LogP contribution in [0.25, 0.3) is 0 Å². The highest BCUT2D eigenvalue weighted by Gasteiger charge is 2.17. The lowest BCUT2D eigenvalue weighted by molar-refractivity contribution is 0.581. The number of benzene rings is 1. The van der Waals surface area contributed by atoms with Crippen molar-refractivity contribution in [1.82, 2.24) is 4.72 Å². The third-order valence-corrected chi connectivity index (χ3v) is 5.66. The van der Waals surface area contributed by atoms with Crippen molar-refractivity contribution >= 4 is 15.7 Å². The van der Waals surface area contributed by atoms with Crippen molar-refractivity contribution in [1.29, 1.82) is 0 Å². The second-order valence-electron chi connectivity index (χ2n) is 5.75. The van der Waals surface area contributed by atoms with Gasteiger partial charge < -0.3 is 5.32 Å². The van der Waals surface area contributed by atoms with Crippen molar-refractivity contribution in [2.45, 2.75) is 43.4 Å². The van der Waals surface area contributed by atoms with E-state index in [1.807, 2.05) is 6.07 Å². The summed E-state index contributed by atoms with van der Waals surface area (Å²) in [7, 11) is -3.39. The number of allylic oxidation sites excluding steroid dienone is 1. The molecule has 0 fully saturated rings. The Bertz CT molecular complexity index is 650. The number of aryl methyl sites for hydroxylation is 1. The summed E-state index contributed by atoms with van der Waals surface area (Å²) in [6.07, 6.45) is 8.52. The molecule has 4 nitrogen and oxygen atoms in total. The number of hydrogen-bond donors (Lipinski definition) is 2. The Hall–Kier alpha value is -1.33. The molecule has 0 spiro atoms. The third kappa shape index (κ3) is 3.47. The molecule has 21 heavy (non-hydrogen) atoms. The van der Waals surface area contributed by atoms with Gasteiger partial charge in [-0.05, 0) is 62.3 Å². The zero-order valence-electron chi connectivity index (χ0n) is 12.2.